The van der Waals surface area contributed by atoms with Crippen LogP contribution in [0.1, 0.15) is 18.1 Å². The van der Waals surface area contributed by atoms with Crippen molar-refractivity contribution in [3.63, 3.8) is 0 Å². The van der Waals surface area contributed by atoms with Crippen LogP contribution in [0.4, 0.5) is 0 Å². The van der Waals surface area contributed by atoms with Crippen LogP contribution in [0, 0.1) is 6.92 Å². The van der Waals surface area contributed by atoms with Crippen molar-refractivity contribution in [1.82, 2.24) is 15.1 Å². The van der Waals surface area contributed by atoms with Gasteiger partial charge in [0.05, 0.1) is 6.04 Å². The average Bonchev–Trinajstić information content (AvgIpc) is 2.46. The van der Waals surface area contributed by atoms with Crippen LogP contribution in [0.5, 0.6) is 0 Å². The highest BCUT2D eigenvalue weighted by Crippen LogP contribution is 2.10. The lowest BCUT2D eigenvalue weighted by molar-refractivity contribution is -0.136. The quantitative estimate of drug-likeness (QED) is 0.898. The molecule has 20 heavy (non-hydrogen) atoms. The molecule has 110 valence electrons. The van der Waals surface area contributed by atoms with Gasteiger partial charge in [0.2, 0.25) is 5.91 Å². The van der Waals surface area contributed by atoms with E-state index in [0.717, 1.165) is 32.7 Å². The fourth-order valence-corrected chi connectivity index (χ4v) is 2.57. The molecule has 1 aromatic rings. The van der Waals surface area contributed by atoms with Gasteiger partial charge in [-0.05, 0) is 26.5 Å². The van der Waals surface area contributed by atoms with Gasteiger partial charge in [0, 0.05) is 32.7 Å². The van der Waals surface area contributed by atoms with Crippen LogP contribution in [-0.4, -0.2) is 55.0 Å². The second-order valence-electron chi connectivity index (χ2n) is 5.66. The zero-order valence-electron chi connectivity index (χ0n) is 12.7. The van der Waals surface area contributed by atoms with E-state index in [4.69, 9.17) is 0 Å². The summed E-state index contributed by atoms with van der Waals surface area (Å²) in [6.07, 6.45) is 0. The highest BCUT2D eigenvalue weighted by molar-refractivity contribution is 5.81. The molecule has 1 saturated heterocycles. The van der Waals surface area contributed by atoms with E-state index in [2.05, 4.69) is 41.4 Å². The molecule has 1 fully saturated rings. The molecule has 1 N–H and O–H groups in total. The second kappa shape index (κ2) is 6.86. The first-order chi connectivity index (χ1) is 9.58. The molecule has 1 aromatic carbocycles. The van der Waals surface area contributed by atoms with Crippen LogP contribution >= 0.6 is 0 Å². The Morgan fingerprint density at radius 3 is 2.75 bits per heavy atom. The standard InChI is InChI=1S/C16H25N3O/c1-13-5-4-6-15(11-13)12-18(3)14(2)16(20)19-9-7-17-8-10-19/h4-6,11,14,17H,7-10,12H2,1-3H3. The Morgan fingerprint density at radius 2 is 2.10 bits per heavy atom. The van der Waals surface area contributed by atoms with E-state index in [9.17, 15) is 4.79 Å². The number of amides is 1. The Morgan fingerprint density at radius 1 is 1.40 bits per heavy atom. The van der Waals surface area contributed by atoms with Crippen LogP contribution in [0.3, 0.4) is 0 Å². The van der Waals surface area contributed by atoms with Crippen molar-refractivity contribution in [2.45, 2.75) is 26.4 Å². The van der Waals surface area contributed by atoms with E-state index < -0.39 is 0 Å². The van der Waals surface area contributed by atoms with Gasteiger partial charge in [-0.1, -0.05) is 29.8 Å². The lowest BCUT2D eigenvalue weighted by Crippen LogP contribution is -2.52. The zero-order chi connectivity index (χ0) is 14.5. The predicted molar refractivity (Wildman–Crippen MR) is 81.6 cm³/mol. The molecule has 4 heteroatoms. The maximum atomic E-state index is 12.5. The predicted octanol–water partition coefficient (Wildman–Crippen LogP) is 1.25. The molecule has 0 aromatic heterocycles. The number of hydrogen-bond acceptors (Lipinski definition) is 3. The van der Waals surface area contributed by atoms with Gasteiger partial charge in [0.25, 0.3) is 0 Å². The van der Waals surface area contributed by atoms with Crippen molar-refractivity contribution in [1.29, 1.82) is 0 Å². The molecule has 0 saturated carbocycles. The summed E-state index contributed by atoms with van der Waals surface area (Å²) >= 11 is 0. The van der Waals surface area contributed by atoms with E-state index >= 15 is 0 Å². The number of rotatable bonds is 4. The van der Waals surface area contributed by atoms with E-state index in [1.807, 2.05) is 18.9 Å². The monoisotopic (exact) mass is 275 g/mol. The topological polar surface area (TPSA) is 35.6 Å². The number of hydrogen-bond donors (Lipinski definition) is 1. The Hall–Kier alpha value is -1.39. The first-order valence-electron chi connectivity index (χ1n) is 7.33. The van der Waals surface area contributed by atoms with Gasteiger partial charge in [-0.2, -0.15) is 0 Å². The van der Waals surface area contributed by atoms with E-state index in [0.29, 0.717) is 0 Å². The molecular formula is C16H25N3O. The minimum Gasteiger partial charge on any atom is -0.339 e. The number of likely N-dealkylation sites (N-methyl/N-ethyl adjacent to an activating group) is 1. The van der Waals surface area contributed by atoms with Gasteiger partial charge in [-0.3, -0.25) is 9.69 Å². The molecule has 2 rings (SSSR count). The third-order valence-electron chi connectivity index (χ3n) is 3.96. The Bertz CT molecular complexity index is 455. The lowest BCUT2D eigenvalue weighted by atomic mass is 10.1. The van der Waals surface area contributed by atoms with Gasteiger partial charge < -0.3 is 10.2 Å². The number of piperazine rings is 1. The maximum Gasteiger partial charge on any atom is 0.239 e. The molecule has 0 spiro atoms. The van der Waals surface area contributed by atoms with Crippen LogP contribution < -0.4 is 5.32 Å². The summed E-state index contributed by atoms with van der Waals surface area (Å²) in [7, 11) is 2.02. The molecule has 1 heterocycles. The van der Waals surface area contributed by atoms with Gasteiger partial charge >= 0.3 is 0 Å². The number of carbonyl (C=O) groups is 1. The molecule has 1 amide bonds. The summed E-state index contributed by atoms with van der Waals surface area (Å²) in [6, 6.07) is 8.39. The Balaban J connectivity index is 1.93. The van der Waals surface area contributed by atoms with Crippen LogP contribution in [0.25, 0.3) is 0 Å². The minimum absolute atomic E-state index is 0.0754. The summed E-state index contributed by atoms with van der Waals surface area (Å²) in [5.41, 5.74) is 2.52. The van der Waals surface area contributed by atoms with E-state index in [1.54, 1.807) is 0 Å². The van der Waals surface area contributed by atoms with Gasteiger partial charge in [-0.25, -0.2) is 0 Å². The summed E-state index contributed by atoms with van der Waals surface area (Å²) < 4.78 is 0. The SMILES string of the molecule is Cc1cccc(CN(C)C(C)C(=O)N2CCNCC2)c1. The van der Waals surface area contributed by atoms with Crippen LogP contribution in [0.2, 0.25) is 0 Å². The zero-order valence-corrected chi connectivity index (χ0v) is 12.7. The number of benzene rings is 1. The van der Waals surface area contributed by atoms with Crippen molar-refractivity contribution in [3.8, 4) is 0 Å². The first kappa shape index (κ1) is 15.0. The number of nitrogens with zero attached hydrogens (tertiary/aromatic N) is 2. The summed E-state index contributed by atoms with van der Waals surface area (Å²) in [5, 5.41) is 3.28. The number of nitrogens with one attached hydrogen (secondary N) is 1. The molecule has 1 aliphatic heterocycles. The van der Waals surface area contributed by atoms with Crippen LogP contribution in [-0.2, 0) is 11.3 Å². The third-order valence-corrected chi connectivity index (χ3v) is 3.96. The average molecular weight is 275 g/mol. The largest absolute Gasteiger partial charge is 0.339 e. The number of carbonyl (C=O) groups excluding carboxylic acids is 1. The minimum atomic E-state index is -0.0754. The van der Waals surface area contributed by atoms with Crippen LogP contribution in [0.15, 0.2) is 24.3 Å². The second-order valence-corrected chi connectivity index (χ2v) is 5.66. The molecule has 0 bridgehead atoms. The van der Waals surface area contributed by atoms with Gasteiger partial charge in [0.15, 0.2) is 0 Å². The highest BCUT2D eigenvalue weighted by Gasteiger charge is 2.24. The summed E-state index contributed by atoms with van der Waals surface area (Å²) in [6.45, 7) is 8.35. The van der Waals surface area contributed by atoms with Gasteiger partial charge in [0.1, 0.15) is 0 Å². The van der Waals surface area contributed by atoms with E-state index in [1.165, 1.54) is 11.1 Å². The molecule has 0 aliphatic carbocycles. The van der Waals surface area contributed by atoms with Gasteiger partial charge in [-0.15, -0.1) is 0 Å². The first-order valence-corrected chi connectivity index (χ1v) is 7.33. The molecule has 4 nitrogen and oxygen atoms in total. The van der Waals surface area contributed by atoms with E-state index in [-0.39, 0.29) is 11.9 Å². The van der Waals surface area contributed by atoms with Crippen molar-refractivity contribution < 1.29 is 4.79 Å². The highest BCUT2D eigenvalue weighted by atomic mass is 16.2. The van der Waals surface area contributed by atoms with Crippen molar-refractivity contribution >= 4 is 5.91 Å². The smallest absolute Gasteiger partial charge is 0.239 e. The fraction of sp³-hybridized carbons (Fsp3) is 0.562. The Kier molecular flexibility index (Phi) is 5.15. The lowest BCUT2D eigenvalue weighted by Gasteiger charge is -2.33. The maximum absolute atomic E-state index is 12.5. The fourth-order valence-electron chi connectivity index (χ4n) is 2.57. The van der Waals surface area contributed by atoms with Crippen molar-refractivity contribution in [2.75, 3.05) is 33.2 Å². The summed E-state index contributed by atoms with van der Waals surface area (Å²) in [5.74, 6) is 0.238. The molecule has 1 aliphatic rings. The Labute approximate surface area is 121 Å². The van der Waals surface area contributed by atoms with Crippen molar-refractivity contribution in [2.24, 2.45) is 0 Å². The van der Waals surface area contributed by atoms with Crippen molar-refractivity contribution in [3.05, 3.63) is 35.4 Å². The number of aryl methyl sites for hydroxylation is 1. The molecule has 1 unspecified atom stereocenters. The normalized spacial score (nSPS) is 17.3. The molecular weight excluding hydrogens is 250 g/mol. The third kappa shape index (κ3) is 3.81. The molecule has 1 atom stereocenters. The summed E-state index contributed by atoms with van der Waals surface area (Å²) in [4.78, 5) is 16.5. The molecule has 0 radical (unpaired) electrons.